The number of hydrogen-bond acceptors (Lipinski definition) is 0. The van der Waals surface area contributed by atoms with Gasteiger partial charge >= 0.3 is 0 Å². The molecular weight excluding hydrogens is 266 g/mol. The molecule has 2 aliphatic rings. The minimum absolute atomic E-state index is 0.330. The Hall–Kier alpha value is -0.630. The highest BCUT2D eigenvalue weighted by atomic mass is 35.5. The molecule has 0 amide bonds. The minimum Gasteiger partial charge on any atom is -0.207 e. The third-order valence-corrected chi connectivity index (χ3v) is 5.42. The van der Waals surface area contributed by atoms with E-state index in [1.54, 1.807) is 13.0 Å². The molecule has 1 aromatic rings. The van der Waals surface area contributed by atoms with Gasteiger partial charge in [0.15, 0.2) is 0 Å². The molecule has 0 heterocycles. The Morgan fingerprint density at radius 1 is 1.21 bits per heavy atom. The highest BCUT2D eigenvalue weighted by Gasteiger charge is 2.40. The van der Waals surface area contributed by atoms with Crippen LogP contribution in [0.25, 0.3) is 0 Å². The minimum atomic E-state index is -0.508. The summed E-state index contributed by atoms with van der Waals surface area (Å²) in [5.41, 5.74) is 0.929. The quantitative estimate of drug-likeness (QED) is 0.654. The molecule has 2 fully saturated rings. The van der Waals surface area contributed by atoms with Gasteiger partial charge in [0.1, 0.15) is 11.6 Å². The molecule has 2 saturated carbocycles. The highest BCUT2D eigenvalue weighted by Crippen LogP contribution is 2.51. The third-order valence-electron chi connectivity index (χ3n) is 5.01. The van der Waals surface area contributed by atoms with Gasteiger partial charge in [-0.3, -0.25) is 0 Å². The summed E-state index contributed by atoms with van der Waals surface area (Å²) >= 11 is 6.39. The van der Waals surface area contributed by atoms with Crippen molar-refractivity contribution in [3.05, 3.63) is 34.9 Å². The molecule has 0 spiro atoms. The molecule has 0 N–H and O–H groups in total. The van der Waals surface area contributed by atoms with Crippen LogP contribution < -0.4 is 0 Å². The summed E-state index contributed by atoms with van der Waals surface area (Å²) in [6.45, 7) is 1.65. The molecule has 3 rings (SSSR count). The fourth-order valence-electron chi connectivity index (χ4n) is 3.98. The summed E-state index contributed by atoms with van der Waals surface area (Å²) in [7, 11) is 0. The van der Waals surface area contributed by atoms with Crippen LogP contribution >= 0.6 is 11.6 Å². The Morgan fingerprint density at radius 3 is 2.63 bits per heavy atom. The normalized spacial score (nSPS) is 30.8. The van der Waals surface area contributed by atoms with E-state index in [1.165, 1.54) is 25.7 Å². The van der Waals surface area contributed by atoms with Crippen molar-refractivity contribution in [3.63, 3.8) is 0 Å². The van der Waals surface area contributed by atoms with Gasteiger partial charge in [0.05, 0.1) is 5.38 Å². The lowest BCUT2D eigenvalue weighted by molar-refractivity contribution is 0.310. The Morgan fingerprint density at radius 2 is 2.00 bits per heavy atom. The monoisotopic (exact) mass is 284 g/mol. The zero-order valence-corrected chi connectivity index (χ0v) is 11.9. The first-order valence-electron chi connectivity index (χ1n) is 7.14. The second kappa shape index (κ2) is 5.05. The summed E-state index contributed by atoms with van der Waals surface area (Å²) in [5, 5.41) is -0.330. The van der Waals surface area contributed by atoms with Gasteiger partial charge < -0.3 is 0 Å². The largest absolute Gasteiger partial charge is 0.207 e. The average Bonchev–Trinajstić information content (AvgIpc) is 2.95. The number of hydrogen-bond donors (Lipinski definition) is 0. The number of aryl methyl sites for hydroxylation is 1. The SMILES string of the molecule is Cc1cc(C(Cl)CC2CC3CCC2C3)c(F)cc1F. The Labute approximate surface area is 118 Å². The van der Waals surface area contributed by atoms with Crippen molar-refractivity contribution in [2.24, 2.45) is 17.8 Å². The van der Waals surface area contributed by atoms with E-state index in [2.05, 4.69) is 0 Å². The fourth-order valence-corrected chi connectivity index (χ4v) is 4.37. The Kier molecular flexibility index (Phi) is 3.55. The lowest BCUT2D eigenvalue weighted by Crippen LogP contribution is -2.13. The molecule has 1 aromatic carbocycles. The molecule has 0 radical (unpaired) electrons. The van der Waals surface area contributed by atoms with Crippen LogP contribution in [0.2, 0.25) is 0 Å². The molecule has 104 valence electrons. The first-order chi connectivity index (χ1) is 9.04. The van der Waals surface area contributed by atoms with E-state index in [9.17, 15) is 8.78 Å². The van der Waals surface area contributed by atoms with E-state index in [4.69, 9.17) is 11.6 Å². The summed E-state index contributed by atoms with van der Waals surface area (Å²) in [6.07, 6.45) is 6.07. The van der Waals surface area contributed by atoms with Gasteiger partial charge in [-0.1, -0.05) is 6.42 Å². The fraction of sp³-hybridized carbons (Fsp3) is 0.625. The van der Waals surface area contributed by atoms with E-state index >= 15 is 0 Å². The lowest BCUT2D eigenvalue weighted by Gasteiger charge is -2.24. The highest BCUT2D eigenvalue weighted by molar-refractivity contribution is 6.20. The van der Waals surface area contributed by atoms with Gasteiger partial charge in [-0.15, -0.1) is 11.6 Å². The van der Waals surface area contributed by atoms with Crippen LogP contribution in [0.1, 0.15) is 48.6 Å². The van der Waals surface area contributed by atoms with Crippen molar-refractivity contribution >= 4 is 11.6 Å². The van der Waals surface area contributed by atoms with Gasteiger partial charge in [-0.25, -0.2) is 8.78 Å². The van der Waals surface area contributed by atoms with Crippen molar-refractivity contribution in [1.29, 1.82) is 0 Å². The standard InChI is InChI=1S/C16H19ClF2/c1-9-4-13(16(19)8-15(9)18)14(17)7-12-6-10-2-3-11(12)5-10/h4,8,10-12,14H,2-3,5-7H2,1H3. The molecule has 0 saturated heterocycles. The number of fused-ring (bicyclic) bond motifs is 2. The van der Waals surface area contributed by atoms with Crippen LogP contribution in [0, 0.1) is 36.3 Å². The van der Waals surface area contributed by atoms with E-state index < -0.39 is 11.6 Å². The first-order valence-corrected chi connectivity index (χ1v) is 7.58. The lowest BCUT2D eigenvalue weighted by atomic mass is 9.84. The maximum Gasteiger partial charge on any atom is 0.130 e. The van der Waals surface area contributed by atoms with E-state index in [0.29, 0.717) is 17.0 Å². The van der Waals surface area contributed by atoms with Crippen LogP contribution in [0.5, 0.6) is 0 Å². The Balaban J connectivity index is 1.73. The zero-order chi connectivity index (χ0) is 13.6. The van der Waals surface area contributed by atoms with Gasteiger partial charge in [0, 0.05) is 11.6 Å². The van der Waals surface area contributed by atoms with Crippen molar-refractivity contribution < 1.29 is 8.78 Å². The van der Waals surface area contributed by atoms with Crippen molar-refractivity contribution in [1.82, 2.24) is 0 Å². The number of alkyl halides is 1. The molecule has 4 atom stereocenters. The molecule has 0 aliphatic heterocycles. The molecule has 0 aromatic heterocycles. The van der Waals surface area contributed by atoms with Gasteiger partial charge in [0.25, 0.3) is 0 Å². The van der Waals surface area contributed by atoms with Crippen molar-refractivity contribution in [2.75, 3.05) is 0 Å². The summed E-state index contributed by atoms with van der Waals surface area (Å²) in [5.74, 6) is 1.29. The van der Waals surface area contributed by atoms with Crippen LogP contribution in [-0.2, 0) is 0 Å². The summed E-state index contributed by atoms with van der Waals surface area (Å²) < 4.78 is 27.1. The van der Waals surface area contributed by atoms with E-state index in [1.807, 2.05) is 0 Å². The molecule has 2 aliphatic carbocycles. The first kappa shape index (κ1) is 13.4. The molecular formula is C16H19ClF2. The number of halogens is 3. The van der Waals surface area contributed by atoms with Gasteiger partial charge in [-0.2, -0.15) is 0 Å². The molecule has 4 unspecified atom stereocenters. The molecule has 0 nitrogen and oxygen atoms in total. The number of rotatable bonds is 3. The zero-order valence-electron chi connectivity index (χ0n) is 11.1. The molecule has 3 heteroatoms. The van der Waals surface area contributed by atoms with Crippen LogP contribution in [0.3, 0.4) is 0 Å². The van der Waals surface area contributed by atoms with Crippen molar-refractivity contribution in [2.45, 2.75) is 44.4 Å². The predicted molar refractivity (Wildman–Crippen MR) is 73.2 cm³/mol. The maximum absolute atomic E-state index is 13.8. The smallest absolute Gasteiger partial charge is 0.130 e. The topological polar surface area (TPSA) is 0 Å². The van der Waals surface area contributed by atoms with Gasteiger partial charge in [0.2, 0.25) is 0 Å². The summed E-state index contributed by atoms with van der Waals surface area (Å²) in [6, 6.07) is 2.52. The van der Waals surface area contributed by atoms with E-state index in [-0.39, 0.29) is 5.38 Å². The number of benzene rings is 1. The van der Waals surface area contributed by atoms with Crippen molar-refractivity contribution in [3.8, 4) is 0 Å². The van der Waals surface area contributed by atoms with Crippen LogP contribution in [0.15, 0.2) is 12.1 Å². The predicted octanol–water partition coefficient (Wildman–Crippen LogP) is 5.38. The Bertz CT molecular complexity index is 486. The second-order valence-electron chi connectivity index (χ2n) is 6.26. The second-order valence-corrected chi connectivity index (χ2v) is 6.79. The van der Waals surface area contributed by atoms with Crippen LogP contribution in [0.4, 0.5) is 8.78 Å². The third kappa shape index (κ3) is 2.52. The average molecular weight is 285 g/mol. The maximum atomic E-state index is 13.8. The van der Waals surface area contributed by atoms with E-state index in [0.717, 1.165) is 24.3 Å². The van der Waals surface area contributed by atoms with Gasteiger partial charge in [-0.05, 0) is 62.0 Å². The molecule has 2 bridgehead atoms. The molecule has 19 heavy (non-hydrogen) atoms. The summed E-state index contributed by atoms with van der Waals surface area (Å²) in [4.78, 5) is 0. The van der Waals surface area contributed by atoms with Crippen LogP contribution in [-0.4, -0.2) is 0 Å².